The van der Waals surface area contributed by atoms with Gasteiger partial charge in [-0.3, -0.25) is 71.9 Å². The van der Waals surface area contributed by atoms with E-state index >= 15 is 0 Å². The summed E-state index contributed by atoms with van der Waals surface area (Å²) in [5.41, 5.74) is 16.4. The van der Waals surface area contributed by atoms with Gasteiger partial charge in [-0.05, 0) is 77.6 Å². The van der Waals surface area contributed by atoms with Crippen LogP contribution in [-0.4, -0.2) is 267 Å². The van der Waals surface area contributed by atoms with Crippen molar-refractivity contribution in [1.82, 2.24) is 67.5 Å². The Balaban J connectivity index is 1.23. The Bertz CT molecular complexity index is 2570. The van der Waals surface area contributed by atoms with Crippen LogP contribution in [0.2, 0.25) is 0 Å². The molecule has 15 amide bonds. The molecular formula is C52H84N16O19. The van der Waals surface area contributed by atoms with Gasteiger partial charge in [0.25, 0.3) is 0 Å². The average molecular weight is 1240 g/mol. The van der Waals surface area contributed by atoms with Gasteiger partial charge in [0.15, 0.2) is 0 Å². The number of likely N-dealkylation sites (tertiary alicyclic amines) is 4. The Morgan fingerprint density at radius 2 is 0.931 bits per heavy atom. The number of amides is 15. The molecule has 0 unspecified atom stereocenters. The molecule has 0 aromatic rings. The summed E-state index contributed by atoms with van der Waals surface area (Å²) in [6.45, 7) is 1.60. The second kappa shape index (κ2) is 33.7. The quantitative estimate of drug-likeness (QED) is 0.0306. The van der Waals surface area contributed by atoms with Gasteiger partial charge in [-0.1, -0.05) is 13.8 Å². The van der Waals surface area contributed by atoms with Crippen molar-refractivity contribution in [3.05, 3.63) is 0 Å². The monoisotopic (exact) mass is 1240 g/mol. The number of aliphatic hydroxyl groups excluding tert-OH is 4. The van der Waals surface area contributed by atoms with Crippen molar-refractivity contribution < 1.29 is 92.3 Å². The first-order valence-electron chi connectivity index (χ1n) is 28.7. The minimum Gasteiger partial charge on any atom is -0.394 e. The first-order chi connectivity index (χ1) is 41.0. The van der Waals surface area contributed by atoms with Crippen molar-refractivity contribution in [2.75, 3.05) is 65.6 Å². The lowest BCUT2D eigenvalue weighted by Gasteiger charge is -2.34. The summed E-state index contributed by atoms with van der Waals surface area (Å²) in [6, 6.07) is -14.5. The summed E-state index contributed by atoms with van der Waals surface area (Å²) in [6.07, 6.45) is 0.502. The number of primary amides is 2. The Labute approximate surface area is 500 Å². The van der Waals surface area contributed by atoms with E-state index in [0.717, 1.165) is 11.8 Å². The lowest BCUT2D eigenvalue weighted by molar-refractivity contribution is -0.151. The summed E-state index contributed by atoms with van der Waals surface area (Å²) < 4.78 is 0. The van der Waals surface area contributed by atoms with E-state index < -0.39 is 207 Å². The summed E-state index contributed by atoms with van der Waals surface area (Å²) in [5, 5.41) is 60.2. The fourth-order valence-electron chi connectivity index (χ4n) is 10.5. The molecule has 0 aliphatic carbocycles. The topological polar surface area (TPSA) is 536 Å². The zero-order chi connectivity index (χ0) is 65.0. The first-order valence-corrected chi connectivity index (χ1v) is 28.7. The first kappa shape index (κ1) is 71.3. The number of nitrogens with two attached hydrogens (primary N) is 3. The third kappa shape index (κ3) is 20.2. The number of nitrogens with one attached hydrogen (secondary N) is 9. The van der Waals surface area contributed by atoms with Crippen molar-refractivity contribution in [2.24, 2.45) is 23.1 Å². The zero-order valence-corrected chi connectivity index (χ0v) is 49.1. The second-order valence-corrected chi connectivity index (χ2v) is 22.1. The van der Waals surface area contributed by atoms with E-state index in [-0.39, 0.29) is 64.2 Å². The molecule has 0 saturated carbocycles. The number of rotatable bonds is 31. The molecule has 4 aliphatic rings. The molecule has 4 rings (SSSR count). The fourth-order valence-corrected chi connectivity index (χ4v) is 10.5. The van der Waals surface area contributed by atoms with Crippen molar-refractivity contribution in [2.45, 2.75) is 164 Å². The van der Waals surface area contributed by atoms with E-state index in [4.69, 9.17) is 17.2 Å². The molecule has 0 aromatic carbocycles. The Morgan fingerprint density at radius 1 is 0.483 bits per heavy atom. The number of carbonyl (C=O) groups excluding carboxylic acids is 15. The highest BCUT2D eigenvalue weighted by molar-refractivity contribution is 6.00. The van der Waals surface area contributed by atoms with E-state index in [1.54, 1.807) is 13.8 Å². The van der Waals surface area contributed by atoms with Crippen LogP contribution in [0.4, 0.5) is 0 Å². The van der Waals surface area contributed by atoms with E-state index in [0.29, 0.717) is 25.7 Å². The van der Waals surface area contributed by atoms with Crippen molar-refractivity contribution >= 4 is 88.6 Å². The molecule has 0 bridgehead atoms. The van der Waals surface area contributed by atoms with Gasteiger partial charge in [0, 0.05) is 26.2 Å². The van der Waals surface area contributed by atoms with Crippen LogP contribution in [0.25, 0.3) is 0 Å². The number of nitrogens with zero attached hydrogens (tertiary/aromatic N) is 4. The van der Waals surface area contributed by atoms with Crippen LogP contribution in [0.5, 0.6) is 0 Å². The maximum Gasteiger partial charge on any atom is 0.246 e. The molecule has 0 spiro atoms. The summed E-state index contributed by atoms with van der Waals surface area (Å²) >= 11 is 0. The highest BCUT2D eigenvalue weighted by Gasteiger charge is 2.47. The minimum absolute atomic E-state index is 0.00809. The molecule has 87 heavy (non-hydrogen) atoms. The smallest absolute Gasteiger partial charge is 0.246 e. The molecule has 35 heteroatoms. The predicted molar refractivity (Wildman–Crippen MR) is 299 cm³/mol. The van der Waals surface area contributed by atoms with Crippen LogP contribution in [0.3, 0.4) is 0 Å². The summed E-state index contributed by atoms with van der Waals surface area (Å²) in [4.78, 5) is 201. The van der Waals surface area contributed by atoms with Crippen LogP contribution in [0.1, 0.15) is 91.9 Å². The normalized spacial score (nSPS) is 20.9. The van der Waals surface area contributed by atoms with E-state index in [1.165, 1.54) is 21.6 Å². The van der Waals surface area contributed by atoms with Gasteiger partial charge in [-0.15, -0.1) is 0 Å². The molecule has 486 valence electrons. The largest absolute Gasteiger partial charge is 0.394 e. The molecule has 0 radical (unpaired) electrons. The number of aliphatic hydroxyl groups is 4. The molecule has 0 aromatic heterocycles. The summed E-state index contributed by atoms with van der Waals surface area (Å²) in [7, 11) is 0. The third-order valence-corrected chi connectivity index (χ3v) is 15.0. The molecule has 4 saturated heterocycles. The average Bonchev–Trinajstić information content (AvgIpc) is 2.00. The molecule has 4 heterocycles. The van der Waals surface area contributed by atoms with Crippen molar-refractivity contribution in [3.63, 3.8) is 0 Å². The second-order valence-electron chi connectivity index (χ2n) is 22.1. The van der Waals surface area contributed by atoms with Gasteiger partial charge in [0.1, 0.15) is 60.4 Å². The maximum atomic E-state index is 14.1. The molecular weight excluding hydrogens is 1150 g/mol. The van der Waals surface area contributed by atoms with Crippen LogP contribution >= 0.6 is 0 Å². The van der Waals surface area contributed by atoms with E-state index in [9.17, 15) is 92.3 Å². The minimum atomic E-state index is -1.74. The summed E-state index contributed by atoms with van der Waals surface area (Å²) in [5.74, 6) is -12.9. The van der Waals surface area contributed by atoms with Gasteiger partial charge >= 0.3 is 0 Å². The molecule has 12 atom stereocenters. The van der Waals surface area contributed by atoms with Gasteiger partial charge in [-0.25, -0.2) is 0 Å². The van der Waals surface area contributed by atoms with Crippen LogP contribution < -0.4 is 65.1 Å². The predicted octanol–water partition coefficient (Wildman–Crippen LogP) is -10.7. The van der Waals surface area contributed by atoms with Crippen molar-refractivity contribution in [3.8, 4) is 0 Å². The van der Waals surface area contributed by atoms with Crippen LogP contribution in [0, 0.1) is 5.92 Å². The number of carbonyl (C=O) groups is 15. The van der Waals surface area contributed by atoms with Gasteiger partial charge < -0.3 is 105 Å². The van der Waals surface area contributed by atoms with Crippen LogP contribution in [0.15, 0.2) is 0 Å². The van der Waals surface area contributed by atoms with E-state index in [1.807, 2.05) is 0 Å². The molecule has 35 nitrogen and oxygen atoms in total. The third-order valence-electron chi connectivity index (χ3n) is 15.0. The Hall–Kier alpha value is -8.15. The fraction of sp³-hybridized carbons (Fsp3) is 0.712. The van der Waals surface area contributed by atoms with E-state index in [2.05, 4.69) is 47.9 Å². The van der Waals surface area contributed by atoms with Gasteiger partial charge in [0.05, 0.1) is 58.0 Å². The molecule has 4 aliphatic heterocycles. The van der Waals surface area contributed by atoms with Crippen LogP contribution in [-0.2, 0) is 71.9 Å². The Morgan fingerprint density at radius 3 is 1.46 bits per heavy atom. The highest BCUT2D eigenvalue weighted by Crippen LogP contribution is 2.29. The standard InChI is InChI=1S/C52H84N16O19/c1-25(2)17-28(53)43(78)60-29(18-37(54)73)45(80)64-41(27(4)72)49(84)58-19-38(74)56-21-40(76)65-13-5-9-33(65)47(82)63-32(24-71)46(81)62-31(23-70)44(79)57-20-39(75)59-26(3)50(85)67-15-7-11-35(67)52(87)68-16-8-12-36(68)51(86)66-14-6-10-34(66)48(83)61-30(22-69)42(55)77/h25-36,41,69-72H,5-24,53H2,1-4H3,(H2,54,73)(H2,55,77)(H,56,74)(H,57,79)(H,58,84)(H,59,75)(H,60,78)(H,61,83)(H,62,81)(H,63,82)(H,64,80)/t26-,27+,28-,29-,30-,31-,32-,33-,34-,35-,36-,41-/m0/s1. The highest BCUT2D eigenvalue weighted by atomic mass is 16.3. The van der Waals surface area contributed by atoms with Gasteiger partial charge in [-0.2, -0.15) is 0 Å². The number of hydrogen-bond acceptors (Lipinski definition) is 20. The Kier molecular flexibility index (Phi) is 27.6. The maximum absolute atomic E-state index is 14.1. The zero-order valence-electron chi connectivity index (χ0n) is 49.1. The lowest BCUT2D eigenvalue weighted by Crippen LogP contribution is -2.59. The molecule has 4 fully saturated rings. The molecule has 19 N–H and O–H groups in total. The van der Waals surface area contributed by atoms with Crippen molar-refractivity contribution in [1.29, 1.82) is 0 Å². The van der Waals surface area contributed by atoms with Gasteiger partial charge in [0.2, 0.25) is 88.6 Å². The lowest BCUT2D eigenvalue weighted by atomic mass is 10.0. The number of hydrogen-bond donors (Lipinski definition) is 16. The SMILES string of the molecule is CC(C)C[C@H](N)C(=O)N[C@@H](CC(N)=O)C(=O)N[C@H](C(=O)NCC(=O)NCC(=O)N1CCC[C@H]1C(=O)N[C@@H](CO)C(=O)N[C@@H](CO)C(=O)NCC(=O)N[C@@H](C)C(=O)N1CCC[C@H]1C(=O)N1CCC[C@H]1C(=O)N1CCC[C@H]1C(=O)N[C@@H](CO)C(N)=O)[C@@H](C)O.